The summed E-state index contributed by atoms with van der Waals surface area (Å²) in [5.74, 6) is 0.663. The van der Waals surface area contributed by atoms with E-state index < -0.39 is 0 Å². The van der Waals surface area contributed by atoms with Gasteiger partial charge >= 0.3 is 0 Å². The molecule has 0 radical (unpaired) electrons. The van der Waals surface area contributed by atoms with Crippen LogP contribution in [0.1, 0.15) is 22.8 Å². The molecule has 0 unspecified atom stereocenters. The molecule has 0 saturated carbocycles. The minimum Gasteiger partial charge on any atom is -0.483 e. The van der Waals surface area contributed by atoms with Crippen LogP contribution >= 0.6 is 12.6 Å². The highest BCUT2D eigenvalue weighted by Crippen LogP contribution is 2.19. The predicted molar refractivity (Wildman–Crippen MR) is 107 cm³/mol. The summed E-state index contributed by atoms with van der Waals surface area (Å²) in [5.41, 5.74) is 1.69. The topological polar surface area (TPSA) is 49.9 Å². The Kier molecular flexibility index (Phi) is 6.40. The number of carbonyl (C=O) groups excluding carboxylic acids is 2. The average molecular weight is 385 g/mol. The monoisotopic (exact) mass is 384 g/mol. The first-order valence-electron chi connectivity index (χ1n) is 9.16. The zero-order valence-corrected chi connectivity index (χ0v) is 16.3. The van der Waals surface area contributed by atoms with Crippen LogP contribution in [-0.4, -0.2) is 54.4 Å². The lowest BCUT2D eigenvalue weighted by Gasteiger charge is -2.35. The third kappa shape index (κ3) is 4.63. The molecule has 1 aliphatic heterocycles. The van der Waals surface area contributed by atoms with Gasteiger partial charge in [-0.2, -0.15) is 0 Å². The minimum atomic E-state index is -0.0531. The highest BCUT2D eigenvalue weighted by molar-refractivity contribution is 7.80. The Bertz CT molecular complexity index is 817. The van der Waals surface area contributed by atoms with E-state index in [9.17, 15) is 9.59 Å². The van der Waals surface area contributed by atoms with Crippen LogP contribution in [0.15, 0.2) is 53.4 Å². The Morgan fingerprint density at radius 3 is 2.30 bits per heavy atom. The number of nitrogens with zero attached hydrogens (tertiary/aromatic N) is 2. The zero-order valence-electron chi connectivity index (χ0n) is 15.4. The number of rotatable bonds is 5. The summed E-state index contributed by atoms with van der Waals surface area (Å²) in [6, 6.07) is 15.0. The van der Waals surface area contributed by atoms with Crippen molar-refractivity contribution in [3.8, 4) is 5.75 Å². The molecule has 0 aromatic heterocycles. The van der Waals surface area contributed by atoms with E-state index in [1.807, 2.05) is 42.5 Å². The second-order valence-corrected chi connectivity index (χ2v) is 6.92. The molecule has 3 rings (SSSR count). The summed E-state index contributed by atoms with van der Waals surface area (Å²) in [6.07, 6.45) is 0.859. The fourth-order valence-corrected chi connectivity index (χ4v) is 3.41. The first kappa shape index (κ1) is 19.3. The molecule has 0 atom stereocenters. The Morgan fingerprint density at radius 1 is 0.963 bits per heavy atom. The van der Waals surface area contributed by atoms with Gasteiger partial charge in [0, 0.05) is 31.1 Å². The van der Waals surface area contributed by atoms with Crippen molar-refractivity contribution in [2.45, 2.75) is 18.2 Å². The van der Waals surface area contributed by atoms with Crippen molar-refractivity contribution in [3.05, 3.63) is 59.7 Å². The first-order valence-corrected chi connectivity index (χ1v) is 9.60. The number of amides is 2. The summed E-state index contributed by atoms with van der Waals surface area (Å²) in [7, 11) is 0. The predicted octanol–water partition coefficient (Wildman–Crippen LogP) is 2.90. The molecule has 5 nitrogen and oxygen atoms in total. The number of hydrogen-bond acceptors (Lipinski definition) is 4. The normalized spacial score (nSPS) is 14.1. The lowest BCUT2D eigenvalue weighted by atomic mass is 10.1. The third-order valence-electron chi connectivity index (χ3n) is 4.76. The number of ether oxygens (including phenoxy) is 1. The first-order chi connectivity index (χ1) is 13.1. The summed E-state index contributed by atoms with van der Waals surface area (Å²) < 4.78 is 5.72. The summed E-state index contributed by atoms with van der Waals surface area (Å²) >= 11 is 4.36. The molecule has 1 saturated heterocycles. The molecule has 1 heterocycles. The number of piperazine rings is 1. The Morgan fingerprint density at radius 2 is 1.59 bits per heavy atom. The number of para-hydroxylation sites is 1. The quantitative estimate of drug-likeness (QED) is 0.807. The molecule has 0 bridgehead atoms. The highest BCUT2D eigenvalue weighted by Gasteiger charge is 2.25. The average Bonchev–Trinajstić information content (AvgIpc) is 2.72. The molecule has 1 aliphatic rings. The molecule has 2 aromatic carbocycles. The van der Waals surface area contributed by atoms with E-state index in [1.165, 1.54) is 0 Å². The number of aryl methyl sites for hydroxylation is 1. The van der Waals surface area contributed by atoms with Gasteiger partial charge < -0.3 is 14.5 Å². The van der Waals surface area contributed by atoms with Gasteiger partial charge in [0.1, 0.15) is 5.75 Å². The van der Waals surface area contributed by atoms with E-state index in [0.717, 1.165) is 17.7 Å². The molecule has 2 aromatic rings. The largest absolute Gasteiger partial charge is 0.483 e. The van der Waals surface area contributed by atoms with Crippen LogP contribution in [0.3, 0.4) is 0 Å². The van der Waals surface area contributed by atoms with Gasteiger partial charge in [0.2, 0.25) is 0 Å². The van der Waals surface area contributed by atoms with Gasteiger partial charge in [-0.3, -0.25) is 9.59 Å². The van der Waals surface area contributed by atoms with Crippen molar-refractivity contribution in [3.63, 3.8) is 0 Å². The molecular weight excluding hydrogens is 360 g/mol. The standard InChI is InChI=1S/C21H24N2O3S/c1-2-16-7-3-5-9-18(16)26-15-20(24)22-11-13-23(14-12-22)21(25)17-8-4-6-10-19(17)27/h3-10,27H,2,11-15H2,1H3. The van der Waals surface area contributed by atoms with Crippen LogP contribution in [-0.2, 0) is 11.2 Å². The molecular formula is C21H24N2O3S. The molecule has 0 spiro atoms. The zero-order chi connectivity index (χ0) is 19.2. The Labute approximate surface area is 165 Å². The van der Waals surface area contributed by atoms with Crippen molar-refractivity contribution >= 4 is 24.4 Å². The van der Waals surface area contributed by atoms with Gasteiger partial charge in [-0.05, 0) is 30.2 Å². The van der Waals surface area contributed by atoms with Crippen molar-refractivity contribution in [2.75, 3.05) is 32.8 Å². The van der Waals surface area contributed by atoms with E-state index in [1.54, 1.807) is 15.9 Å². The van der Waals surface area contributed by atoms with Crippen LogP contribution in [0.2, 0.25) is 0 Å². The SMILES string of the molecule is CCc1ccccc1OCC(=O)N1CCN(C(=O)c2ccccc2S)CC1. The lowest BCUT2D eigenvalue weighted by molar-refractivity contribution is -0.134. The van der Waals surface area contributed by atoms with E-state index in [-0.39, 0.29) is 18.4 Å². The molecule has 2 amide bonds. The van der Waals surface area contributed by atoms with Crippen molar-refractivity contribution < 1.29 is 14.3 Å². The molecule has 1 fully saturated rings. The summed E-state index contributed by atoms with van der Waals surface area (Å²) in [6.45, 7) is 4.13. The number of benzene rings is 2. The van der Waals surface area contributed by atoms with Crippen molar-refractivity contribution in [2.24, 2.45) is 0 Å². The van der Waals surface area contributed by atoms with E-state index in [2.05, 4.69) is 19.6 Å². The number of carbonyl (C=O) groups is 2. The van der Waals surface area contributed by atoms with Crippen LogP contribution in [0.25, 0.3) is 0 Å². The van der Waals surface area contributed by atoms with Crippen LogP contribution < -0.4 is 4.74 Å². The Balaban J connectivity index is 1.52. The Hall–Kier alpha value is -2.47. The third-order valence-corrected chi connectivity index (χ3v) is 5.15. The van der Waals surface area contributed by atoms with Gasteiger partial charge in [0.25, 0.3) is 11.8 Å². The van der Waals surface area contributed by atoms with Gasteiger partial charge in [-0.25, -0.2) is 0 Å². The second-order valence-electron chi connectivity index (χ2n) is 6.44. The van der Waals surface area contributed by atoms with Gasteiger partial charge in [-0.1, -0.05) is 37.3 Å². The molecule has 0 aliphatic carbocycles. The number of hydrogen-bond donors (Lipinski definition) is 1. The minimum absolute atomic E-state index is 0.0183. The molecule has 27 heavy (non-hydrogen) atoms. The van der Waals surface area contributed by atoms with Crippen LogP contribution in [0.4, 0.5) is 0 Å². The highest BCUT2D eigenvalue weighted by atomic mass is 32.1. The van der Waals surface area contributed by atoms with Gasteiger partial charge in [0.05, 0.1) is 5.56 Å². The van der Waals surface area contributed by atoms with Crippen molar-refractivity contribution in [1.82, 2.24) is 9.80 Å². The maximum absolute atomic E-state index is 12.6. The lowest BCUT2D eigenvalue weighted by Crippen LogP contribution is -2.51. The van der Waals surface area contributed by atoms with E-state index in [4.69, 9.17) is 4.74 Å². The number of thiol groups is 1. The molecule has 6 heteroatoms. The van der Waals surface area contributed by atoms with Gasteiger partial charge in [0.15, 0.2) is 6.61 Å². The summed E-state index contributed by atoms with van der Waals surface area (Å²) in [5, 5.41) is 0. The maximum Gasteiger partial charge on any atom is 0.260 e. The van der Waals surface area contributed by atoms with Crippen LogP contribution in [0.5, 0.6) is 5.75 Å². The fraction of sp³-hybridized carbons (Fsp3) is 0.333. The fourth-order valence-electron chi connectivity index (χ4n) is 3.15. The second kappa shape index (κ2) is 8.95. The van der Waals surface area contributed by atoms with Crippen LogP contribution in [0, 0.1) is 0 Å². The van der Waals surface area contributed by atoms with Gasteiger partial charge in [-0.15, -0.1) is 12.6 Å². The van der Waals surface area contributed by atoms with E-state index >= 15 is 0 Å². The molecule has 0 N–H and O–H groups in total. The van der Waals surface area contributed by atoms with E-state index in [0.29, 0.717) is 36.6 Å². The maximum atomic E-state index is 12.6. The molecule has 142 valence electrons. The van der Waals surface area contributed by atoms with Crippen molar-refractivity contribution in [1.29, 1.82) is 0 Å². The summed E-state index contributed by atoms with van der Waals surface area (Å²) in [4.78, 5) is 29.3. The smallest absolute Gasteiger partial charge is 0.260 e.